The van der Waals surface area contributed by atoms with Gasteiger partial charge in [0.25, 0.3) is 0 Å². The molecule has 0 spiro atoms. The molecule has 0 rings (SSSR count). The topological polar surface area (TPSA) is 50.4 Å². The predicted molar refractivity (Wildman–Crippen MR) is 89.6 cm³/mol. The minimum Gasteiger partial charge on any atom is -0.444 e. The van der Waals surface area contributed by atoms with Gasteiger partial charge in [-0.25, -0.2) is 4.79 Å². The van der Waals surface area contributed by atoms with Crippen LogP contribution in [0.4, 0.5) is 4.79 Å². The van der Waals surface area contributed by atoms with Gasteiger partial charge in [-0.2, -0.15) is 0 Å². The van der Waals surface area contributed by atoms with E-state index in [1.54, 1.807) is 0 Å². The van der Waals surface area contributed by atoms with Crippen LogP contribution in [0.5, 0.6) is 0 Å². The van der Waals surface area contributed by atoms with E-state index < -0.39 is 5.60 Å². The summed E-state index contributed by atoms with van der Waals surface area (Å²) >= 11 is 0. The zero-order valence-corrected chi connectivity index (χ0v) is 14.7. The number of carbonyl (C=O) groups excluding carboxylic acids is 1. The maximum atomic E-state index is 12.0. The molecule has 0 aromatic heterocycles. The van der Waals surface area contributed by atoms with Crippen molar-refractivity contribution in [2.75, 3.05) is 6.54 Å². The van der Waals surface area contributed by atoms with E-state index in [1.807, 2.05) is 26.8 Å². The highest BCUT2D eigenvalue weighted by Gasteiger charge is 2.30. The highest BCUT2D eigenvalue weighted by atomic mass is 16.6. The second kappa shape index (κ2) is 9.08. The third-order valence-corrected chi connectivity index (χ3v) is 3.71. The summed E-state index contributed by atoms with van der Waals surface area (Å²) in [7, 11) is 0. The van der Waals surface area contributed by atoms with Crippen molar-refractivity contribution >= 4 is 6.09 Å². The first kappa shape index (κ1) is 20.0. The average Bonchev–Trinajstić information content (AvgIpc) is 2.39. The first-order valence-electron chi connectivity index (χ1n) is 8.03. The number of nitrogens with one attached hydrogen (secondary N) is 2. The lowest BCUT2D eigenvalue weighted by Crippen LogP contribution is -2.56. The monoisotopic (exact) mass is 298 g/mol. The smallest absolute Gasteiger partial charge is 0.408 e. The summed E-state index contributed by atoms with van der Waals surface area (Å²) in [5.41, 5.74) is -0.729. The Labute approximate surface area is 130 Å². The van der Waals surface area contributed by atoms with Gasteiger partial charge in [0.05, 0.1) is 5.54 Å². The van der Waals surface area contributed by atoms with Gasteiger partial charge in [-0.15, -0.1) is 6.58 Å². The van der Waals surface area contributed by atoms with Crippen molar-refractivity contribution in [2.24, 2.45) is 0 Å². The summed E-state index contributed by atoms with van der Waals surface area (Å²) in [6, 6.07) is 0.404. The van der Waals surface area contributed by atoms with Gasteiger partial charge < -0.3 is 15.4 Å². The van der Waals surface area contributed by atoms with Crippen LogP contribution in [-0.4, -0.2) is 29.8 Å². The molecule has 0 saturated heterocycles. The van der Waals surface area contributed by atoms with E-state index in [2.05, 4.69) is 38.0 Å². The molecule has 0 aliphatic rings. The Morgan fingerprint density at radius 1 is 1.29 bits per heavy atom. The number of alkyl carbamates (subject to hydrolysis) is 1. The second-order valence-electron chi connectivity index (χ2n) is 6.76. The highest BCUT2D eigenvalue weighted by Crippen LogP contribution is 2.17. The number of hydrogen-bond acceptors (Lipinski definition) is 3. The van der Waals surface area contributed by atoms with Crippen molar-refractivity contribution < 1.29 is 9.53 Å². The average molecular weight is 298 g/mol. The Hall–Kier alpha value is -1.03. The van der Waals surface area contributed by atoms with Gasteiger partial charge in [-0.05, 0) is 53.4 Å². The Morgan fingerprint density at radius 2 is 1.86 bits per heavy atom. The van der Waals surface area contributed by atoms with Crippen molar-refractivity contribution in [1.82, 2.24) is 10.6 Å². The molecule has 1 unspecified atom stereocenters. The lowest BCUT2D eigenvalue weighted by atomic mass is 9.92. The number of hydrogen-bond donors (Lipinski definition) is 2. The molecular formula is C17H34N2O2. The molecule has 0 aliphatic heterocycles. The number of allylic oxidation sites excluding steroid dienone is 1. The summed E-state index contributed by atoms with van der Waals surface area (Å²) in [4.78, 5) is 12.0. The Balaban J connectivity index is 4.54. The Kier molecular flexibility index (Phi) is 8.64. The standard InChI is InChI=1S/C17H34N2O2/c1-8-11-12-14(4)18-13-17(9-2,10-3)19-15(20)21-16(5,6)7/h8,14,18H,1,9-13H2,2-7H3,(H,19,20). The van der Waals surface area contributed by atoms with Crippen LogP contribution in [-0.2, 0) is 4.74 Å². The maximum Gasteiger partial charge on any atom is 0.408 e. The molecule has 1 amide bonds. The second-order valence-corrected chi connectivity index (χ2v) is 6.76. The fraction of sp³-hybridized carbons (Fsp3) is 0.824. The largest absolute Gasteiger partial charge is 0.444 e. The van der Waals surface area contributed by atoms with E-state index >= 15 is 0 Å². The van der Waals surface area contributed by atoms with Crippen LogP contribution in [0.3, 0.4) is 0 Å². The van der Waals surface area contributed by atoms with E-state index in [0.29, 0.717) is 6.04 Å². The molecule has 21 heavy (non-hydrogen) atoms. The summed E-state index contributed by atoms with van der Waals surface area (Å²) in [6.07, 6.45) is 5.38. The Morgan fingerprint density at radius 3 is 2.29 bits per heavy atom. The van der Waals surface area contributed by atoms with Gasteiger partial charge in [-0.3, -0.25) is 0 Å². The SMILES string of the molecule is C=CCCC(C)NCC(CC)(CC)NC(=O)OC(C)(C)C. The molecule has 0 aromatic carbocycles. The number of amides is 1. The van der Waals surface area contributed by atoms with Gasteiger partial charge in [0, 0.05) is 12.6 Å². The molecule has 0 bridgehead atoms. The third-order valence-electron chi connectivity index (χ3n) is 3.71. The van der Waals surface area contributed by atoms with Crippen LogP contribution in [0.2, 0.25) is 0 Å². The normalized spacial score (nSPS) is 13.6. The van der Waals surface area contributed by atoms with Crippen molar-refractivity contribution in [3.05, 3.63) is 12.7 Å². The highest BCUT2D eigenvalue weighted by molar-refractivity contribution is 5.68. The predicted octanol–water partition coefficient (Wildman–Crippen LogP) is 4.01. The molecule has 0 aliphatic carbocycles. The van der Waals surface area contributed by atoms with Gasteiger partial charge in [-0.1, -0.05) is 19.9 Å². The van der Waals surface area contributed by atoms with Gasteiger partial charge >= 0.3 is 6.09 Å². The number of carbonyl (C=O) groups is 1. The summed E-state index contributed by atoms with van der Waals surface area (Å²) in [5.74, 6) is 0. The molecule has 0 fully saturated rings. The van der Waals surface area contributed by atoms with Crippen LogP contribution in [0.1, 0.15) is 67.2 Å². The molecular weight excluding hydrogens is 264 g/mol. The van der Waals surface area contributed by atoms with Crippen molar-refractivity contribution in [2.45, 2.75) is 84.4 Å². The van der Waals surface area contributed by atoms with Crippen LogP contribution >= 0.6 is 0 Å². The lowest BCUT2D eigenvalue weighted by Gasteiger charge is -2.35. The summed E-state index contributed by atoms with van der Waals surface area (Å²) in [5, 5.41) is 6.56. The Bertz CT molecular complexity index is 317. The maximum absolute atomic E-state index is 12.0. The fourth-order valence-corrected chi connectivity index (χ4v) is 2.08. The molecule has 4 nitrogen and oxygen atoms in total. The van der Waals surface area contributed by atoms with E-state index in [0.717, 1.165) is 32.2 Å². The molecule has 0 radical (unpaired) electrons. The molecule has 1 atom stereocenters. The van der Waals surface area contributed by atoms with E-state index in [1.165, 1.54) is 0 Å². The zero-order chi connectivity index (χ0) is 16.5. The molecule has 0 saturated carbocycles. The minimum atomic E-state index is -0.470. The molecule has 0 heterocycles. The van der Waals surface area contributed by atoms with E-state index in [4.69, 9.17) is 4.74 Å². The van der Waals surface area contributed by atoms with E-state index in [-0.39, 0.29) is 11.6 Å². The number of rotatable bonds is 9. The van der Waals surface area contributed by atoms with Crippen LogP contribution in [0.15, 0.2) is 12.7 Å². The summed E-state index contributed by atoms with van der Waals surface area (Å²) in [6.45, 7) is 16.5. The molecule has 0 aromatic rings. The van der Waals surface area contributed by atoms with Crippen LogP contribution < -0.4 is 10.6 Å². The first-order chi connectivity index (χ1) is 9.68. The van der Waals surface area contributed by atoms with E-state index in [9.17, 15) is 4.79 Å². The van der Waals surface area contributed by atoms with Crippen molar-refractivity contribution in [3.8, 4) is 0 Å². The van der Waals surface area contributed by atoms with Crippen molar-refractivity contribution in [3.63, 3.8) is 0 Å². The van der Waals surface area contributed by atoms with Crippen LogP contribution in [0.25, 0.3) is 0 Å². The first-order valence-corrected chi connectivity index (χ1v) is 8.03. The third kappa shape index (κ3) is 8.76. The molecule has 4 heteroatoms. The quantitative estimate of drug-likeness (QED) is 0.632. The van der Waals surface area contributed by atoms with Gasteiger partial charge in [0.15, 0.2) is 0 Å². The summed E-state index contributed by atoms with van der Waals surface area (Å²) < 4.78 is 5.38. The van der Waals surface area contributed by atoms with Crippen LogP contribution in [0, 0.1) is 0 Å². The zero-order valence-electron chi connectivity index (χ0n) is 14.7. The van der Waals surface area contributed by atoms with Crippen molar-refractivity contribution in [1.29, 1.82) is 0 Å². The fourth-order valence-electron chi connectivity index (χ4n) is 2.08. The molecule has 2 N–H and O–H groups in total. The molecule has 124 valence electrons. The number of ether oxygens (including phenoxy) is 1. The van der Waals surface area contributed by atoms with Gasteiger partial charge in [0.2, 0.25) is 0 Å². The lowest BCUT2D eigenvalue weighted by molar-refractivity contribution is 0.0444. The minimum absolute atomic E-state index is 0.259. The van der Waals surface area contributed by atoms with Gasteiger partial charge in [0.1, 0.15) is 5.60 Å².